The fourth-order valence-corrected chi connectivity index (χ4v) is 1.65. The van der Waals surface area contributed by atoms with E-state index < -0.39 is 12.1 Å². The summed E-state index contributed by atoms with van der Waals surface area (Å²) in [4.78, 5) is 10.6. The lowest BCUT2D eigenvalue weighted by molar-refractivity contribution is -0.153. The minimum absolute atomic E-state index is 0.0730. The van der Waals surface area contributed by atoms with E-state index in [1.165, 1.54) is 12.1 Å². The Morgan fingerprint density at radius 2 is 2.12 bits per heavy atom. The van der Waals surface area contributed by atoms with Gasteiger partial charge in [0.25, 0.3) is 0 Å². The Bertz CT molecular complexity index is 371. The number of carboxylic acid groups (broad SMARTS) is 1. The number of morpholine rings is 1. The third-order valence-electron chi connectivity index (χ3n) is 2.56. The van der Waals surface area contributed by atoms with E-state index in [4.69, 9.17) is 9.84 Å². The van der Waals surface area contributed by atoms with Gasteiger partial charge in [0.05, 0.1) is 12.6 Å². The SMILES string of the molecule is O=C(O)C1CNC(c2ccc(F)cc2)CO1. The molecule has 2 unspecified atom stereocenters. The van der Waals surface area contributed by atoms with E-state index in [1.54, 1.807) is 12.1 Å². The Labute approximate surface area is 92.0 Å². The molecule has 1 heterocycles. The number of ether oxygens (including phenoxy) is 1. The first-order valence-corrected chi connectivity index (χ1v) is 5.00. The molecule has 1 aromatic rings. The lowest BCUT2D eigenvalue weighted by Gasteiger charge is -2.28. The van der Waals surface area contributed by atoms with Gasteiger partial charge in [-0.15, -0.1) is 0 Å². The molecule has 0 amide bonds. The molecule has 86 valence electrons. The lowest BCUT2D eigenvalue weighted by Crippen LogP contribution is -2.44. The molecule has 2 rings (SSSR count). The minimum Gasteiger partial charge on any atom is -0.479 e. The van der Waals surface area contributed by atoms with Crippen LogP contribution in [0.25, 0.3) is 0 Å². The zero-order chi connectivity index (χ0) is 11.5. The van der Waals surface area contributed by atoms with Crippen LogP contribution in [0.5, 0.6) is 0 Å². The monoisotopic (exact) mass is 225 g/mol. The van der Waals surface area contributed by atoms with Gasteiger partial charge in [0.1, 0.15) is 5.82 Å². The second-order valence-corrected chi connectivity index (χ2v) is 3.67. The summed E-state index contributed by atoms with van der Waals surface area (Å²) in [5.74, 6) is -1.26. The van der Waals surface area contributed by atoms with Gasteiger partial charge < -0.3 is 15.2 Å². The highest BCUT2D eigenvalue weighted by molar-refractivity contribution is 5.72. The van der Waals surface area contributed by atoms with Crippen molar-refractivity contribution < 1.29 is 19.0 Å². The molecule has 5 heteroatoms. The van der Waals surface area contributed by atoms with Gasteiger partial charge in [-0.05, 0) is 17.7 Å². The first-order chi connectivity index (χ1) is 7.66. The fraction of sp³-hybridized carbons (Fsp3) is 0.364. The molecule has 0 bridgehead atoms. The smallest absolute Gasteiger partial charge is 0.334 e. The van der Waals surface area contributed by atoms with Gasteiger partial charge >= 0.3 is 5.97 Å². The van der Waals surface area contributed by atoms with Crippen molar-refractivity contribution in [2.24, 2.45) is 0 Å². The van der Waals surface area contributed by atoms with Crippen molar-refractivity contribution in [1.29, 1.82) is 0 Å². The fourth-order valence-electron chi connectivity index (χ4n) is 1.65. The molecule has 16 heavy (non-hydrogen) atoms. The molecule has 0 spiro atoms. The summed E-state index contributed by atoms with van der Waals surface area (Å²) >= 11 is 0. The number of carboxylic acids is 1. The minimum atomic E-state index is -0.968. The van der Waals surface area contributed by atoms with Crippen molar-refractivity contribution in [3.05, 3.63) is 35.6 Å². The third-order valence-corrected chi connectivity index (χ3v) is 2.56. The van der Waals surface area contributed by atoms with Crippen molar-refractivity contribution in [2.75, 3.05) is 13.2 Å². The number of nitrogens with one attached hydrogen (secondary N) is 1. The maximum atomic E-state index is 12.7. The topological polar surface area (TPSA) is 58.6 Å². The van der Waals surface area contributed by atoms with E-state index in [-0.39, 0.29) is 25.0 Å². The van der Waals surface area contributed by atoms with Crippen LogP contribution in [0, 0.1) is 5.82 Å². The molecular formula is C11H12FNO3. The van der Waals surface area contributed by atoms with Gasteiger partial charge in [-0.3, -0.25) is 0 Å². The van der Waals surface area contributed by atoms with Crippen LogP contribution in [0.2, 0.25) is 0 Å². The summed E-state index contributed by atoms with van der Waals surface area (Å²) in [7, 11) is 0. The second kappa shape index (κ2) is 4.59. The molecule has 1 fully saturated rings. The van der Waals surface area contributed by atoms with E-state index >= 15 is 0 Å². The van der Waals surface area contributed by atoms with E-state index in [2.05, 4.69) is 5.32 Å². The van der Waals surface area contributed by atoms with Crippen LogP contribution >= 0.6 is 0 Å². The summed E-state index contributed by atoms with van der Waals surface area (Å²) in [6.45, 7) is 0.542. The standard InChI is InChI=1S/C11H12FNO3/c12-8-3-1-7(2-4-8)9-6-16-10(5-13-9)11(14)15/h1-4,9-10,13H,5-6H2,(H,14,15). The molecule has 4 nitrogen and oxygen atoms in total. The van der Waals surface area contributed by atoms with Crippen molar-refractivity contribution >= 4 is 5.97 Å². The molecule has 0 radical (unpaired) electrons. The Kier molecular flexibility index (Phi) is 3.17. The van der Waals surface area contributed by atoms with Crippen molar-refractivity contribution in [3.8, 4) is 0 Å². The van der Waals surface area contributed by atoms with Crippen molar-refractivity contribution in [3.63, 3.8) is 0 Å². The first kappa shape index (κ1) is 11.0. The quantitative estimate of drug-likeness (QED) is 0.786. The van der Waals surface area contributed by atoms with Crippen molar-refractivity contribution in [2.45, 2.75) is 12.1 Å². The van der Waals surface area contributed by atoms with Gasteiger partial charge in [0.15, 0.2) is 6.10 Å². The molecule has 1 saturated heterocycles. The maximum absolute atomic E-state index is 12.7. The molecule has 0 saturated carbocycles. The predicted molar refractivity (Wildman–Crippen MR) is 54.5 cm³/mol. The Balaban J connectivity index is 1.99. The van der Waals surface area contributed by atoms with Crippen LogP contribution < -0.4 is 5.32 Å². The van der Waals surface area contributed by atoms with Gasteiger partial charge in [-0.25, -0.2) is 9.18 Å². The highest BCUT2D eigenvalue weighted by Crippen LogP contribution is 2.18. The highest BCUT2D eigenvalue weighted by atomic mass is 19.1. The average molecular weight is 225 g/mol. The Morgan fingerprint density at radius 3 is 2.62 bits per heavy atom. The number of carbonyl (C=O) groups is 1. The first-order valence-electron chi connectivity index (χ1n) is 5.00. The van der Waals surface area contributed by atoms with Crippen LogP contribution in [-0.2, 0) is 9.53 Å². The third kappa shape index (κ3) is 2.37. The van der Waals surface area contributed by atoms with Gasteiger partial charge in [0.2, 0.25) is 0 Å². The molecule has 0 aromatic heterocycles. The zero-order valence-electron chi connectivity index (χ0n) is 8.52. The predicted octanol–water partition coefficient (Wildman–Crippen LogP) is 0.940. The maximum Gasteiger partial charge on any atom is 0.334 e. The van der Waals surface area contributed by atoms with E-state index in [0.29, 0.717) is 0 Å². The average Bonchev–Trinajstić information content (AvgIpc) is 2.30. The van der Waals surface area contributed by atoms with Crippen LogP contribution in [0.1, 0.15) is 11.6 Å². The molecule has 2 atom stereocenters. The summed E-state index contributed by atoms with van der Waals surface area (Å²) in [6.07, 6.45) is -0.795. The van der Waals surface area contributed by atoms with Gasteiger partial charge in [0, 0.05) is 6.54 Å². The van der Waals surface area contributed by atoms with Gasteiger partial charge in [-0.2, -0.15) is 0 Å². The second-order valence-electron chi connectivity index (χ2n) is 3.67. The number of hydrogen-bond acceptors (Lipinski definition) is 3. The lowest BCUT2D eigenvalue weighted by atomic mass is 10.1. The van der Waals surface area contributed by atoms with Crippen LogP contribution in [0.15, 0.2) is 24.3 Å². The van der Waals surface area contributed by atoms with Crippen LogP contribution in [0.3, 0.4) is 0 Å². The number of hydrogen-bond donors (Lipinski definition) is 2. The van der Waals surface area contributed by atoms with E-state index in [9.17, 15) is 9.18 Å². The Morgan fingerprint density at radius 1 is 1.44 bits per heavy atom. The largest absolute Gasteiger partial charge is 0.479 e. The number of aliphatic carboxylic acids is 1. The van der Waals surface area contributed by atoms with Crippen LogP contribution in [0.4, 0.5) is 4.39 Å². The molecule has 1 aromatic carbocycles. The summed E-state index contributed by atoms with van der Waals surface area (Å²) in [5, 5.41) is 11.8. The van der Waals surface area contributed by atoms with E-state index in [1.807, 2.05) is 0 Å². The summed E-state index contributed by atoms with van der Waals surface area (Å²) < 4.78 is 17.9. The molecule has 1 aliphatic heterocycles. The van der Waals surface area contributed by atoms with Crippen molar-refractivity contribution in [1.82, 2.24) is 5.32 Å². The summed E-state index contributed by atoms with van der Waals surface area (Å²) in [6, 6.07) is 6.01. The van der Waals surface area contributed by atoms with Gasteiger partial charge in [-0.1, -0.05) is 12.1 Å². The molecule has 2 N–H and O–H groups in total. The molecule has 0 aliphatic carbocycles. The Hall–Kier alpha value is -1.46. The zero-order valence-corrected chi connectivity index (χ0v) is 8.52. The van der Waals surface area contributed by atoms with E-state index in [0.717, 1.165) is 5.56 Å². The normalized spacial score (nSPS) is 25.3. The molecular weight excluding hydrogens is 213 g/mol. The van der Waals surface area contributed by atoms with Crippen LogP contribution in [-0.4, -0.2) is 30.3 Å². The number of rotatable bonds is 2. The highest BCUT2D eigenvalue weighted by Gasteiger charge is 2.26. The summed E-state index contributed by atoms with van der Waals surface area (Å²) in [5.41, 5.74) is 0.894. The number of benzene rings is 1. The number of halogens is 1. The molecule has 1 aliphatic rings.